The molecule has 1 saturated heterocycles. The fraction of sp³-hybridized carbons (Fsp3) is 0.364. The molecule has 1 fully saturated rings. The van der Waals surface area contributed by atoms with E-state index in [1.54, 1.807) is 12.1 Å². The van der Waals surface area contributed by atoms with Gasteiger partial charge < -0.3 is 10.1 Å². The van der Waals surface area contributed by atoms with Gasteiger partial charge in [0, 0.05) is 35.9 Å². The van der Waals surface area contributed by atoms with E-state index in [4.69, 9.17) is 16.3 Å². The summed E-state index contributed by atoms with van der Waals surface area (Å²) in [4.78, 5) is 19.6. The minimum Gasteiger partial charge on any atom is -0.379 e. The molecular formula is C22H27ClN4O2. The second-order valence-electron chi connectivity index (χ2n) is 7.09. The number of guanidine groups is 1. The first-order chi connectivity index (χ1) is 14.0. The molecule has 1 heterocycles. The van der Waals surface area contributed by atoms with E-state index in [1.165, 1.54) is 0 Å². The van der Waals surface area contributed by atoms with Gasteiger partial charge >= 0.3 is 0 Å². The van der Waals surface area contributed by atoms with Crippen molar-refractivity contribution in [1.29, 1.82) is 0 Å². The Morgan fingerprint density at radius 1 is 1.14 bits per heavy atom. The van der Waals surface area contributed by atoms with Crippen LogP contribution in [-0.4, -0.2) is 56.2 Å². The summed E-state index contributed by atoms with van der Waals surface area (Å²) in [5, 5.41) is 6.75. The summed E-state index contributed by atoms with van der Waals surface area (Å²) in [6.45, 7) is 8.65. The number of ether oxygens (including phenoxy) is 1. The van der Waals surface area contributed by atoms with Crippen LogP contribution in [0.2, 0.25) is 5.02 Å². The highest BCUT2D eigenvalue weighted by atomic mass is 35.5. The topological polar surface area (TPSA) is 66.0 Å². The van der Waals surface area contributed by atoms with Crippen molar-refractivity contribution in [3.8, 4) is 0 Å². The highest BCUT2D eigenvalue weighted by molar-refractivity contribution is 6.31. The molecule has 0 radical (unpaired) electrons. The van der Waals surface area contributed by atoms with Crippen LogP contribution in [-0.2, 0) is 4.74 Å². The van der Waals surface area contributed by atoms with E-state index in [2.05, 4.69) is 20.5 Å². The van der Waals surface area contributed by atoms with Crippen LogP contribution in [0.4, 0.5) is 5.69 Å². The highest BCUT2D eigenvalue weighted by Gasteiger charge is 2.12. The maximum Gasteiger partial charge on any atom is 0.257 e. The summed E-state index contributed by atoms with van der Waals surface area (Å²) in [6.07, 6.45) is 0. The van der Waals surface area contributed by atoms with Gasteiger partial charge in [-0.25, -0.2) is 0 Å². The van der Waals surface area contributed by atoms with E-state index >= 15 is 0 Å². The number of aryl methyl sites for hydroxylation is 2. The lowest BCUT2D eigenvalue weighted by atomic mass is 10.1. The molecule has 0 bridgehead atoms. The molecular weight excluding hydrogens is 388 g/mol. The third-order valence-corrected chi connectivity index (χ3v) is 5.02. The molecule has 0 atom stereocenters. The van der Waals surface area contributed by atoms with Crippen LogP contribution in [0.25, 0.3) is 0 Å². The number of anilines is 1. The van der Waals surface area contributed by atoms with Crippen LogP contribution in [0.15, 0.2) is 47.5 Å². The van der Waals surface area contributed by atoms with Gasteiger partial charge in [0.2, 0.25) is 5.96 Å². The lowest BCUT2D eigenvalue weighted by molar-refractivity contribution is 0.0394. The fourth-order valence-electron chi connectivity index (χ4n) is 2.98. The minimum atomic E-state index is -0.206. The zero-order valence-electron chi connectivity index (χ0n) is 16.9. The maximum atomic E-state index is 12.7. The third kappa shape index (κ3) is 6.56. The van der Waals surface area contributed by atoms with Crippen LogP contribution in [0.3, 0.4) is 0 Å². The smallest absolute Gasteiger partial charge is 0.257 e. The van der Waals surface area contributed by atoms with Gasteiger partial charge in [-0.1, -0.05) is 35.4 Å². The molecule has 7 heteroatoms. The summed E-state index contributed by atoms with van der Waals surface area (Å²) in [5.74, 6) is 0.205. The summed E-state index contributed by atoms with van der Waals surface area (Å²) in [6, 6.07) is 13.0. The zero-order chi connectivity index (χ0) is 20.6. The molecule has 6 nitrogen and oxygen atoms in total. The van der Waals surface area contributed by atoms with Crippen molar-refractivity contribution in [2.75, 3.05) is 44.7 Å². The van der Waals surface area contributed by atoms with Gasteiger partial charge in [-0.05, 0) is 43.7 Å². The standard InChI is InChI=1S/C22H27ClN4O2/c1-16-3-6-18(7-4-16)21(28)26-22(24-9-10-27-11-13-29-14-12-27)25-20-15-19(23)8-5-17(20)2/h3-8,15H,9-14H2,1-2H3,(H2,24,25,26,28). The average Bonchev–Trinajstić information content (AvgIpc) is 2.72. The Morgan fingerprint density at radius 2 is 1.86 bits per heavy atom. The van der Waals surface area contributed by atoms with Crippen molar-refractivity contribution in [3.05, 3.63) is 64.2 Å². The van der Waals surface area contributed by atoms with Crippen molar-refractivity contribution in [3.63, 3.8) is 0 Å². The normalized spacial score (nSPS) is 15.2. The molecule has 2 aromatic carbocycles. The van der Waals surface area contributed by atoms with E-state index in [9.17, 15) is 4.79 Å². The molecule has 2 N–H and O–H groups in total. The second-order valence-corrected chi connectivity index (χ2v) is 7.53. The number of morpholine rings is 1. The Balaban J connectivity index is 1.72. The Kier molecular flexibility index (Phi) is 7.63. The van der Waals surface area contributed by atoms with Gasteiger partial charge in [0.25, 0.3) is 5.91 Å². The van der Waals surface area contributed by atoms with Crippen LogP contribution in [0.5, 0.6) is 0 Å². The number of nitrogens with zero attached hydrogens (tertiary/aromatic N) is 2. The van der Waals surface area contributed by atoms with Crippen molar-refractivity contribution in [2.45, 2.75) is 13.8 Å². The first-order valence-electron chi connectivity index (χ1n) is 9.77. The summed E-state index contributed by atoms with van der Waals surface area (Å²) in [7, 11) is 0. The first kappa shape index (κ1) is 21.3. The minimum absolute atomic E-state index is 0.206. The number of hydrogen-bond donors (Lipinski definition) is 2. The second kappa shape index (κ2) is 10.4. The Morgan fingerprint density at radius 3 is 2.59 bits per heavy atom. The van der Waals surface area contributed by atoms with Gasteiger partial charge in [-0.2, -0.15) is 0 Å². The van der Waals surface area contributed by atoms with Crippen molar-refractivity contribution < 1.29 is 9.53 Å². The van der Waals surface area contributed by atoms with Crippen LogP contribution < -0.4 is 10.6 Å². The van der Waals surface area contributed by atoms with Gasteiger partial charge in [-0.3, -0.25) is 20.0 Å². The van der Waals surface area contributed by atoms with Crippen LogP contribution >= 0.6 is 11.6 Å². The lowest BCUT2D eigenvalue weighted by Gasteiger charge is -2.25. The van der Waals surface area contributed by atoms with Crippen LogP contribution in [0, 0.1) is 13.8 Å². The van der Waals surface area contributed by atoms with Crippen molar-refractivity contribution >= 4 is 29.2 Å². The van der Waals surface area contributed by atoms with E-state index in [-0.39, 0.29) is 5.91 Å². The maximum absolute atomic E-state index is 12.7. The van der Waals surface area contributed by atoms with E-state index in [1.807, 2.05) is 44.2 Å². The molecule has 0 spiro atoms. The molecule has 0 saturated carbocycles. The lowest BCUT2D eigenvalue weighted by Crippen LogP contribution is -2.39. The Hall–Kier alpha value is -2.41. The highest BCUT2D eigenvalue weighted by Crippen LogP contribution is 2.20. The average molecular weight is 415 g/mol. The summed E-state index contributed by atoms with van der Waals surface area (Å²) >= 11 is 6.14. The zero-order valence-corrected chi connectivity index (χ0v) is 17.6. The molecule has 29 heavy (non-hydrogen) atoms. The van der Waals surface area contributed by atoms with Crippen LogP contribution in [0.1, 0.15) is 21.5 Å². The van der Waals surface area contributed by atoms with E-state index in [0.29, 0.717) is 23.1 Å². The van der Waals surface area contributed by atoms with Gasteiger partial charge in [0.15, 0.2) is 0 Å². The monoisotopic (exact) mass is 414 g/mol. The largest absolute Gasteiger partial charge is 0.379 e. The van der Waals surface area contributed by atoms with Gasteiger partial charge in [0.05, 0.1) is 19.8 Å². The molecule has 1 aliphatic rings. The van der Waals surface area contributed by atoms with Gasteiger partial charge in [-0.15, -0.1) is 0 Å². The molecule has 0 aliphatic carbocycles. The number of benzene rings is 2. The number of nitrogens with one attached hydrogen (secondary N) is 2. The predicted octanol–water partition coefficient (Wildman–Crippen LogP) is 3.49. The molecule has 0 aromatic heterocycles. The van der Waals surface area contributed by atoms with E-state index in [0.717, 1.165) is 49.7 Å². The number of aliphatic imine (C=N–C) groups is 1. The molecule has 154 valence electrons. The fourth-order valence-corrected chi connectivity index (χ4v) is 3.15. The van der Waals surface area contributed by atoms with Crippen molar-refractivity contribution in [1.82, 2.24) is 10.2 Å². The number of hydrogen-bond acceptors (Lipinski definition) is 4. The SMILES string of the molecule is Cc1ccc(C(=O)NC(=NCCN2CCOCC2)Nc2cc(Cl)ccc2C)cc1. The first-order valence-corrected chi connectivity index (χ1v) is 10.1. The molecule has 2 aromatic rings. The molecule has 1 aliphatic heterocycles. The number of carbonyl (C=O) groups is 1. The number of amides is 1. The molecule has 1 amide bonds. The number of carbonyl (C=O) groups excluding carboxylic acids is 1. The molecule has 3 rings (SSSR count). The third-order valence-electron chi connectivity index (χ3n) is 4.79. The summed E-state index contributed by atoms with van der Waals surface area (Å²) in [5.41, 5.74) is 3.52. The van der Waals surface area contributed by atoms with E-state index < -0.39 is 0 Å². The predicted molar refractivity (Wildman–Crippen MR) is 118 cm³/mol. The molecule has 0 unspecified atom stereocenters. The van der Waals surface area contributed by atoms with Gasteiger partial charge in [0.1, 0.15) is 0 Å². The Bertz CT molecular complexity index is 862. The number of halogens is 1. The quantitative estimate of drug-likeness (QED) is 0.580. The van der Waals surface area contributed by atoms with Crippen molar-refractivity contribution in [2.24, 2.45) is 4.99 Å². The summed E-state index contributed by atoms with van der Waals surface area (Å²) < 4.78 is 5.38. The number of rotatable bonds is 5. The Labute approximate surface area is 176 Å².